The molecule has 2 N–H and O–H groups in total. The summed E-state index contributed by atoms with van der Waals surface area (Å²) in [6.45, 7) is 4.49. The predicted octanol–water partition coefficient (Wildman–Crippen LogP) is 3.26. The zero-order valence-electron chi connectivity index (χ0n) is 13.9. The van der Waals surface area contributed by atoms with Crippen LogP contribution >= 0.6 is 11.3 Å². The number of carboxylic acids is 1. The first-order valence-electron chi connectivity index (χ1n) is 8.05. The van der Waals surface area contributed by atoms with Crippen molar-refractivity contribution in [1.82, 2.24) is 10.3 Å². The number of carbonyl (C=O) groups excluding carboxylic acids is 1. The van der Waals surface area contributed by atoms with Gasteiger partial charge in [-0.2, -0.15) is 0 Å². The van der Waals surface area contributed by atoms with E-state index in [9.17, 15) is 9.59 Å². The molecular weight excluding hydrogens is 324 g/mol. The van der Waals surface area contributed by atoms with E-state index in [2.05, 4.69) is 10.3 Å². The minimum atomic E-state index is -1.03. The van der Waals surface area contributed by atoms with Crippen LogP contribution in [0.4, 0.5) is 0 Å². The minimum absolute atomic E-state index is 0.00807. The van der Waals surface area contributed by atoms with Gasteiger partial charge in [-0.05, 0) is 18.4 Å². The SMILES string of the molecule is CCC(CC)(C(=O)NCCc1nc(C(=O)O)cs1)c1ccccc1. The molecule has 0 aliphatic carbocycles. The first kappa shape index (κ1) is 18.1. The molecule has 1 aromatic carbocycles. The molecule has 2 aromatic rings. The fourth-order valence-corrected chi connectivity index (χ4v) is 3.62. The molecule has 0 fully saturated rings. The largest absolute Gasteiger partial charge is 0.476 e. The Bertz CT molecular complexity index is 693. The molecule has 0 saturated heterocycles. The highest BCUT2D eigenvalue weighted by Crippen LogP contribution is 2.31. The number of aromatic carboxylic acids is 1. The van der Waals surface area contributed by atoms with Crippen LogP contribution in [0.5, 0.6) is 0 Å². The van der Waals surface area contributed by atoms with E-state index in [-0.39, 0.29) is 11.6 Å². The average molecular weight is 346 g/mol. The van der Waals surface area contributed by atoms with Gasteiger partial charge in [-0.3, -0.25) is 4.79 Å². The Morgan fingerprint density at radius 2 is 1.88 bits per heavy atom. The van der Waals surface area contributed by atoms with Crippen molar-refractivity contribution in [2.75, 3.05) is 6.54 Å². The molecule has 0 spiro atoms. The first-order valence-corrected chi connectivity index (χ1v) is 8.93. The van der Waals surface area contributed by atoms with Crippen molar-refractivity contribution in [2.24, 2.45) is 0 Å². The van der Waals surface area contributed by atoms with E-state index in [1.807, 2.05) is 44.2 Å². The third-order valence-corrected chi connectivity index (χ3v) is 5.27. The fraction of sp³-hybridized carbons (Fsp3) is 0.389. The molecule has 0 atom stereocenters. The number of rotatable bonds is 8. The Labute approximate surface area is 145 Å². The molecule has 5 nitrogen and oxygen atoms in total. The summed E-state index contributed by atoms with van der Waals surface area (Å²) < 4.78 is 0. The minimum Gasteiger partial charge on any atom is -0.476 e. The lowest BCUT2D eigenvalue weighted by Gasteiger charge is -2.31. The molecule has 128 valence electrons. The lowest BCUT2D eigenvalue weighted by molar-refractivity contribution is -0.127. The van der Waals surface area contributed by atoms with Gasteiger partial charge in [0.15, 0.2) is 5.69 Å². The first-order chi connectivity index (χ1) is 11.5. The molecule has 1 amide bonds. The summed E-state index contributed by atoms with van der Waals surface area (Å²) in [5, 5.41) is 14.1. The number of benzene rings is 1. The van der Waals surface area contributed by atoms with E-state index < -0.39 is 11.4 Å². The Morgan fingerprint density at radius 1 is 1.21 bits per heavy atom. The molecular formula is C18H22N2O3S. The Kier molecular flexibility index (Phi) is 6.09. The summed E-state index contributed by atoms with van der Waals surface area (Å²) in [6, 6.07) is 9.83. The monoisotopic (exact) mass is 346 g/mol. The second-order valence-corrected chi connectivity index (χ2v) is 6.54. The van der Waals surface area contributed by atoms with Crippen molar-refractivity contribution >= 4 is 23.2 Å². The van der Waals surface area contributed by atoms with Gasteiger partial charge in [0.2, 0.25) is 5.91 Å². The molecule has 0 saturated carbocycles. The molecule has 0 radical (unpaired) electrons. The van der Waals surface area contributed by atoms with Gasteiger partial charge >= 0.3 is 5.97 Å². The van der Waals surface area contributed by atoms with Crippen LogP contribution in [-0.2, 0) is 16.6 Å². The van der Waals surface area contributed by atoms with Crippen LogP contribution in [0.25, 0.3) is 0 Å². The van der Waals surface area contributed by atoms with Crippen molar-refractivity contribution < 1.29 is 14.7 Å². The summed E-state index contributed by atoms with van der Waals surface area (Å²) in [5.74, 6) is -1.02. The molecule has 6 heteroatoms. The zero-order valence-corrected chi connectivity index (χ0v) is 14.7. The summed E-state index contributed by atoms with van der Waals surface area (Å²) in [5.41, 5.74) is 0.549. The Morgan fingerprint density at radius 3 is 2.42 bits per heavy atom. The number of amides is 1. The molecule has 0 bridgehead atoms. The van der Waals surface area contributed by atoms with E-state index in [4.69, 9.17) is 5.11 Å². The van der Waals surface area contributed by atoms with Crippen molar-refractivity contribution in [2.45, 2.75) is 38.5 Å². The van der Waals surface area contributed by atoms with Gasteiger partial charge < -0.3 is 10.4 Å². The average Bonchev–Trinajstić information content (AvgIpc) is 3.07. The highest BCUT2D eigenvalue weighted by molar-refractivity contribution is 7.09. The summed E-state index contributed by atoms with van der Waals surface area (Å²) in [6.07, 6.45) is 1.97. The van der Waals surface area contributed by atoms with E-state index in [1.54, 1.807) is 0 Å². The molecule has 24 heavy (non-hydrogen) atoms. The summed E-state index contributed by atoms with van der Waals surface area (Å²) >= 11 is 1.30. The number of nitrogens with zero attached hydrogens (tertiary/aromatic N) is 1. The van der Waals surface area contributed by atoms with Crippen molar-refractivity contribution in [1.29, 1.82) is 0 Å². The number of aromatic nitrogens is 1. The number of hydrogen-bond donors (Lipinski definition) is 2. The molecule has 0 aliphatic rings. The van der Waals surface area contributed by atoms with Crippen LogP contribution in [0, 0.1) is 0 Å². The Balaban J connectivity index is 2.02. The maximum Gasteiger partial charge on any atom is 0.355 e. The van der Waals surface area contributed by atoms with Crippen LogP contribution in [-0.4, -0.2) is 28.5 Å². The van der Waals surface area contributed by atoms with E-state index in [0.29, 0.717) is 18.0 Å². The lowest BCUT2D eigenvalue weighted by atomic mass is 9.75. The quantitative estimate of drug-likeness (QED) is 0.769. The number of thiazole rings is 1. The van der Waals surface area contributed by atoms with Crippen LogP contribution in [0.15, 0.2) is 35.7 Å². The standard InChI is InChI=1S/C18H22N2O3S/c1-3-18(4-2,13-8-6-5-7-9-13)17(23)19-11-10-15-20-14(12-24-15)16(21)22/h5-9,12H,3-4,10-11H2,1-2H3,(H,19,23)(H,21,22). The van der Waals surface area contributed by atoms with Crippen molar-refractivity contribution in [3.63, 3.8) is 0 Å². The fourth-order valence-electron chi connectivity index (χ4n) is 2.84. The maximum absolute atomic E-state index is 12.8. The topological polar surface area (TPSA) is 79.3 Å². The molecule has 0 unspecified atom stereocenters. The number of hydrogen-bond acceptors (Lipinski definition) is 4. The van der Waals surface area contributed by atoms with E-state index in [1.165, 1.54) is 16.7 Å². The van der Waals surface area contributed by atoms with Gasteiger partial charge in [0.1, 0.15) is 0 Å². The molecule has 2 rings (SSSR count). The molecule has 1 aromatic heterocycles. The summed E-state index contributed by atoms with van der Waals surface area (Å²) in [7, 11) is 0. The molecule has 1 heterocycles. The van der Waals surface area contributed by atoms with E-state index in [0.717, 1.165) is 18.4 Å². The zero-order chi connectivity index (χ0) is 17.6. The number of carboxylic acid groups (broad SMARTS) is 1. The van der Waals surface area contributed by atoms with Gasteiger partial charge in [-0.1, -0.05) is 44.2 Å². The normalized spacial score (nSPS) is 11.2. The highest BCUT2D eigenvalue weighted by atomic mass is 32.1. The van der Waals surface area contributed by atoms with Gasteiger partial charge in [-0.25, -0.2) is 9.78 Å². The van der Waals surface area contributed by atoms with E-state index >= 15 is 0 Å². The number of nitrogens with one attached hydrogen (secondary N) is 1. The third kappa shape index (κ3) is 3.82. The lowest BCUT2D eigenvalue weighted by Crippen LogP contribution is -2.44. The maximum atomic E-state index is 12.8. The van der Waals surface area contributed by atoms with Gasteiger partial charge in [-0.15, -0.1) is 11.3 Å². The van der Waals surface area contributed by atoms with Gasteiger partial charge in [0, 0.05) is 18.3 Å². The predicted molar refractivity (Wildman–Crippen MR) is 94.5 cm³/mol. The van der Waals surface area contributed by atoms with Crippen LogP contribution in [0.2, 0.25) is 0 Å². The van der Waals surface area contributed by atoms with Crippen molar-refractivity contribution in [3.8, 4) is 0 Å². The van der Waals surface area contributed by atoms with Gasteiger partial charge in [0.25, 0.3) is 0 Å². The third-order valence-electron chi connectivity index (χ3n) is 4.36. The smallest absolute Gasteiger partial charge is 0.355 e. The molecule has 0 aliphatic heterocycles. The second kappa shape index (κ2) is 8.06. The highest BCUT2D eigenvalue weighted by Gasteiger charge is 2.36. The summed E-state index contributed by atoms with van der Waals surface area (Å²) in [4.78, 5) is 27.7. The van der Waals surface area contributed by atoms with Crippen molar-refractivity contribution in [3.05, 3.63) is 52.0 Å². The van der Waals surface area contributed by atoms with Crippen LogP contribution in [0.1, 0.15) is 47.7 Å². The van der Waals surface area contributed by atoms with Crippen LogP contribution in [0.3, 0.4) is 0 Å². The number of carbonyl (C=O) groups is 2. The Hall–Kier alpha value is -2.21. The van der Waals surface area contributed by atoms with Gasteiger partial charge in [0.05, 0.1) is 10.4 Å². The van der Waals surface area contributed by atoms with Crippen LogP contribution < -0.4 is 5.32 Å². The second-order valence-electron chi connectivity index (χ2n) is 5.59.